The second-order valence-corrected chi connectivity index (χ2v) is 11.1. The molecule has 0 saturated carbocycles. The number of hydrogen-bond acceptors (Lipinski definition) is 5. The predicted molar refractivity (Wildman–Crippen MR) is 152 cm³/mol. The monoisotopic (exact) mass is 532 g/mol. The molecule has 3 aromatic rings. The molecule has 0 radical (unpaired) electrons. The summed E-state index contributed by atoms with van der Waals surface area (Å²) >= 11 is 0. The lowest BCUT2D eigenvalue weighted by Gasteiger charge is -2.33. The number of ether oxygens (including phenoxy) is 3. The maximum absolute atomic E-state index is 13.2. The van der Waals surface area contributed by atoms with Crippen molar-refractivity contribution in [2.45, 2.75) is 57.5 Å². The Labute approximate surface area is 231 Å². The second-order valence-electron chi connectivity index (χ2n) is 11.1. The maximum Gasteiger partial charge on any atom is 0.410 e. The fraction of sp³-hybridized carbons (Fsp3) is 0.438. The van der Waals surface area contributed by atoms with Gasteiger partial charge in [0.25, 0.3) is 5.91 Å². The van der Waals surface area contributed by atoms with Crippen LogP contribution in [-0.2, 0) is 19.0 Å². The second kappa shape index (κ2) is 12.6. The number of fused-ring (bicyclic) bond motifs is 1. The summed E-state index contributed by atoms with van der Waals surface area (Å²) in [6, 6.07) is 24.4. The van der Waals surface area contributed by atoms with Gasteiger partial charge in [-0.1, -0.05) is 72.8 Å². The van der Waals surface area contributed by atoms with E-state index >= 15 is 0 Å². The van der Waals surface area contributed by atoms with E-state index < -0.39 is 17.8 Å². The Balaban J connectivity index is 1.68. The van der Waals surface area contributed by atoms with Crippen LogP contribution in [0.1, 0.15) is 56.8 Å². The molecule has 0 aromatic heterocycles. The number of likely N-dealkylation sites (tertiary alicyclic amines) is 1. The van der Waals surface area contributed by atoms with Gasteiger partial charge in [-0.05, 0) is 55.5 Å². The topological polar surface area (TPSA) is 68.3 Å². The zero-order valence-electron chi connectivity index (χ0n) is 23.6. The Morgan fingerprint density at radius 2 is 1.67 bits per heavy atom. The molecule has 3 atom stereocenters. The van der Waals surface area contributed by atoms with Crippen LogP contribution < -0.4 is 0 Å². The van der Waals surface area contributed by atoms with Crippen LogP contribution in [0.15, 0.2) is 72.8 Å². The van der Waals surface area contributed by atoms with Crippen LogP contribution in [0.5, 0.6) is 0 Å². The molecule has 208 valence electrons. The Bertz CT molecular complexity index is 1260. The Hall–Kier alpha value is -3.42. The number of rotatable bonds is 9. The third-order valence-electron chi connectivity index (χ3n) is 7.05. The van der Waals surface area contributed by atoms with E-state index in [0.717, 1.165) is 34.7 Å². The number of benzene rings is 3. The number of carbonyl (C=O) groups is 2. The summed E-state index contributed by atoms with van der Waals surface area (Å²) in [5.74, 6) is -0.364. The van der Waals surface area contributed by atoms with E-state index in [9.17, 15) is 9.59 Å². The number of methoxy groups -OCH3 is 1. The first-order valence-corrected chi connectivity index (χ1v) is 13.6. The maximum atomic E-state index is 13.2. The van der Waals surface area contributed by atoms with E-state index in [1.165, 1.54) is 0 Å². The van der Waals surface area contributed by atoms with E-state index in [2.05, 4.69) is 30.3 Å². The summed E-state index contributed by atoms with van der Waals surface area (Å²) in [5.41, 5.74) is 1.34. The van der Waals surface area contributed by atoms with E-state index in [1.807, 2.05) is 63.2 Å². The third kappa shape index (κ3) is 7.37. The molecular weight excluding hydrogens is 492 g/mol. The molecule has 1 aliphatic heterocycles. The van der Waals surface area contributed by atoms with E-state index in [-0.39, 0.29) is 24.7 Å². The lowest BCUT2D eigenvalue weighted by atomic mass is 9.87. The molecule has 4 rings (SSSR count). The molecule has 1 fully saturated rings. The summed E-state index contributed by atoms with van der Waals surface area (Å²) in [6.45, 7) is 6.48. The number of amides is 2. The molecule has 2 amide bonds. The first kappa shape index (κ1) is 28.6. The van der Waals surface area contributed by atoms with Gasteiger partial charge in [0.05, 0.1) is 6.10 Å². The highest BCUT2D eigenvalue weighted by Gasteiger charge is 2.33. The molecule has 1 heterocycles. The van der Waals surface area contributed by atoms with Crippen molar-refractivity contribution in [3.8, 4) is 0 Å². The first-order chi connectivity index (χ1) is 18.7. The zero-order chi connectivity index (χ0) is 28.0. The predicted octanol–water partition coefficient (Wildman–Crippen LogP) is 6.14. The van der Waals surface area contributed by atoms with Gasteiger partial charge in [0.15, 0.2) is 0 Å². The summed E-state index contributed by atoms with van der Waals surface area (Å²) in [5, 5.41) is 2.23. The van der Waals surface area contributed by atoms with Crippen molar-refractivity contribution in [1.29, 1.82) is 0 Å². The van der Waals surface area contributed by atoms with Crippen molar-refractivity contribution >= 4 is 22.8 Å². The van der Waals surface area contributed by atoms with Crippen LogP contribution in [-0.4, -0.2) is 67.5 Å². The van der Waals surface area contributed by atoms with E-state index in [0.29, 0.717) is 13.1 Å². The van der Waals surface area contributed by atoms with Gasteiger partial charge >= 0.3 is 6.09 Å². The van der Waals surface area contributed by atoms with Crippen LogP contribution in [0.2, 0.25) is 0 Å². The van der Waals surface area contributed by atoms with Gasteiger partial charge in [0.2, 0.25) is 0 Å². The minimum atomic E-state index is -0.612. The van der Waals surface area contributed by atoms with Crippen molar-refractivity contribution in [3.05, 3.63) is 83.9 Å². The van der Waals surface area contributed by atoms with Crippen LogP contribution in [0.4, 0.5) is 4.79 Å². The van der Waals surface area contributed by atoms with Crippen molar-refractivity contribution in [2.75, 3.05) is 33.9 Å². The number of nitrogens with zero attached hydrogens (tertiary/aromatic N) is 2. The van der Waals surface area contributed by atoms with Crippen LogP contribution in [0.3, 0.4) is 0 Å². The molecule has 0 bridgehead atoms. The fourth-order valence-electron chi connectivity index (χ4n) is 5.12. The summed E-state index contributed by atoms with van der Waals surface area (Å²) in [7, 11) is 3.37. The molecule has 0 N–H and O–H groups in total. The van der Waals surface area contributed by atoms with Gasteiger partial charge in [0, 0.05) is 33.2 Å². The van der Waals surface area contributed by atoms with Gasteiger partial charge < -0.3 is 24.0 Å². The molecule has 1 saturated heterocycles. The van der Waals surface area contributed by atoms with Crippen molar-refractivity contribution in [2.24, 2.45) is 0 Å². The smallest absolute Gasteiger partial charge is 0.410 e. The van der Waals surface area contributed by atoms with Crippen molar-refractivity contribution < 1.29 is 23.8 Å². The van der Waals surface area contributed by atoms with E-state index in [1.54, 1.807) is 24.0 Å². The van der Waals surface area contributed by atoms with Crippen LogP contribution in [0.25, 0.3) is 10.8 Å². The Morgan fingerprint density at radius 1 is 0.974 bits per heavy atom. The molecule has 39 heavy (non-hydrogen) atoms. The Kier molecular flexibility index (Phi) is 9.25. The zero-order valence-corrected chi connectivity index (χ0v) is 23.6. The minimum Gasteiger partial charge on any atom is -0.444 e. The average molecular weight is 533 g/mol. The van der Waals surface area contributed by atoms with Gasteiger partial charge in [-0.15, -0.1) is 0 Å². The number of carbonyl (C=O) groups excluding carboxylic acids is 2. The van der Waals surface area contributed by atoms with E-state index in [4.69, 9.17) is 14.2 Å². The molecular formula is C32H40N2O5. The lowest BCUT2D eigenvalue weighted by molar-refractivity contribution is -0.147. The number of likely N-dealkylation sites (N-methyl/N-ethyl adjacent to an activating group) is 1. The van der Waals surface area contributed by atoms with Crippen LogP contribution >= 0.6 is 0 Å². The fourth-order valence-corrected chi connectivity index (χ4v) is 5.12. The molecule has 0 spiro atoms. The first-order valence-electron chi connectivity index (χ1n) is 13.6. The van der Waals surface area contributed by atoms with Gasteiger partial charge in [-0.3, -0.25) is 4.79 Å². The third-order valence-corrected chi connectivity index (χ3v) is 7.05. The minimum absolute atomic E-state index is 0.0837. The summed E-state index contributed by atoms with van der Waals surface area (Å²) < 4.78 is 17.6. The van der Waals surface area contributed by atoms with Crippen molar-refractivity contribution in [1.82, 2.24) is 9.80 Å². The molecule has 1 aliphatic rings. The largest absolute Gasteiger partial charge is 0.444 e. The van der Waals surface area contributed by atoms with Crippen LogP contribution in [0, 0.1) is 0 Å². The highest BCUT2D eigenvalue weighted by atomic mass is 16.6. The molecule has 7 nitrogen and oxygen atoms in total. The van der Waals surface area contributed by atoms with Gasteiger partial charge in [-0.2, -0.15) is 0 Å². The summed E-state index contributed by atoms with van der Waals surface area (Å²) in [6.07, 6.45) is 0.629. The summed E-state index contributed by atoms with van der Waals surface area (Å²) in [4.78, 5) is 29.5. The SMILES string of the molecule is CO[C@H]1CCCN1C(=O)CO[C@H](c1ccccc1)[C@H](CN(C)C(=O)OC(C)(C)C)c1ccc2ccccc2c1. The Morgan fingerprint density at radius 3 is 2.36 bits per heavy atom. The molecule has 0 aliphatic carbocycles. The van der Waals surface area contributed by atoms with Gasteiger partial charge in [0.1, 0.15) is 18.4 Å². The molecule has 7 heteroatoms. The standard InChI is InChI=1S/C32H40N2O5/c1-32(2,3)39-31(36)33(4)21-27(26-18-17-23-12-9-10-15-25(23)20-26)30(24-13-7-6-8-14-24)38-22-28(35)34-19-11-16-29(34)37-5/h6-10,12-15,17-18,20,27,29-30H,11,16,19,21-22H2,1-5H3/t27-,29+,30-/m1/s1. The number of hydrogen-bond donors (Lipinski definition) is 0. The highest BCUT2D eigenvalue weighted by molar-refractivity contribution is 5.83. The quantitative estimate of drug-likeness (QED) is 0.331. The lowest BCUT2D eigenvalue weighted by Crippen LogP contribution is -2.40. The van der Waals surface area contributed by atoms with Gasteiger partial charge in [-0.25, -0.2) is 4.79 Å². The van der Waals surface area contributed by atoms with Crippen molar-refractivity contribution in [3.63, 3.8) is 0 Å². The molecule has 3 aromatic carbocycles. The molecule has 0 unspecified atom stereocenters. The highest BCUT2D eigenvalue weighted by Crippen LogP contribution is 2.36. The average Bonchev–Trinajstić information content (AvgIpc) is 3.41. The normalized spacial score (nSPS) is 17.2.